The van der Waals surface area contributed by atoms with Crippen LogP contribution in [0.15, 0.2) is 0 Å². The second-order valence-corrected chi connectivity index (χ2v) is 14.0. The van der Waals surface area contributed by atoms with Crippen LogP contribution in [0, 0.1) is 23.7 Å². The average Bonchev–Trinajstić information content (AvgIpc) is 3.43. The van der Waals surface area contributed by atoms with Crippen LogP contribution in [0.4, 0.5) is 0 Å². The van der Waals surface area contributed by atoms with E-state index >= 15 is 0 Å². The minimum Gasteiger partial charge on any atom is -0.380 e. The lowest BCUT2D eigenvalue weighted by atomic mass is 9.70. The zero-order valence-electron chi connectivity index (χ0n) is 21.9. The van der Waals surface area contributed by atoms with Crippen molar-refractivity contribution in [1.29, 1.82) is 0 Å². The summed E-state index contributed by atoms with van der Waals surface area (Å²) in [6.45, 7) is 7.69. The van der Waals surface area contributed by atoms with Crippen LogP contribution >= 0.6 is 35.0 Å². The maximum Gasteiger partial charge on any atom is 0.227 e. The lowest BCUT2D eigenvalue weighted by Crippen LogP contribution is -2.57. The molecule has 2 amide bonds. The van der Waals surface area contributed by atoms with Gasteiger partial charge in [0.1, 0.15) is 5.50 Å². The number of likely N-dealkylation sites (tertiary alicyclic amines) is 1. The maximum atomic E-state index is 13.6. The molecule has 5 saturated heterocycles. The number of hydrogen-bond acceptors (Lipinski definition) is 8. The Balaban J connectivity index is 1.16. The summed E-state index contributed by atoms with van der Waals surface area (Å²) in [5.74, 6) is 0.428. The quantitative estimate of drug-likeness (QED) is 0.241. The minimum absolute atomic E-state index is 0.0537. The first-order valence-electron chi connectivity index (χ1n) is 13.7. The summed E-state index contributed by atoms with van der Waals surface area (Å²) in [5, 5.41) is 17.1. The van der Waals surface area contributed by atoms with Crippen molar-refractivity contribution in [3.8, 4) is 0 Å². The number of halogens is 2. The van der Waals surface area contributed by atoms with Crippen molar-refractivity contribution < 1.29 is 14.3 Å². The summed E-state index contributed by atoms with van der Waals surface area (Å²) in [5.41, 5.74) is -0.240. The third kappa shape index (κ3) is 6.21. The van der Waals surface area contributed by atoms with Gasteiger partial charge >= 0.3 is 0 Å². The summed E-state index contributed by atoms with van der Waals surface area (Å²) in [6.07, 6.45) is 2.55. The van der Waals surface area contributed by atoms with E-state index in [0.29, 0.717) is 44.8 Å². The molecule has 0 radical (unpaired) electrons. The number of nitrogens with zero attached hydrogens (tertiary/aromatic N) is 1. The van der Waals surface area contributed by atoms with Crippen LogP contribution in [-0.4, -0.2) is 102 Å². The molecule has 12 atom stereocenters. The van der Waals surface area contributed by atoms with Crippen LogP contribution in [0.5, 0.6) is 0 Å². The summed E-state index contributed by atoms with van der Waals surface area (Å²) < 4.78 is 5.80. The van der Waals surface area contributed by atoms with Gasteiger partial charge in [0.2, 0.25) is 11.8 Å². The Kier molecular flexibility index (Phi) is 9.18. The molecule has 5 fully saturated rings. The molecular formula is C25H42Cl2N6O3S. The van der Waals surface area contributed by atoms with E-state index < -0.39 is 0 Å². The smallest absolute Gasteiger partial charge is 0.227 e. The fraction of sp³-hybridized carbons (Fsp3) is 0.920. The standard InChI is InChI=1S/C25H42Cl2N6O3S/c1-12-4-14(15-6-22(27)30-9-20(15)36-3)17(7-28-12)23(34)32-25-31-19-10-33(11-21(19)37-25)24(35)16-5-13(2)29-8-18(16)26/h12-22,25,28-31H,4-11H2,1-3H3,(H,32,34). The molecule has 12 unspecified atom stereocenters. The van der Waals surface area contributed by atoms with Gasteiger partial charge in [-0.2, -0.15) is 0 Å². The van der Waals surface area contributed by atoms with E-state index in [9.17, 15) is 9.59 Å². The van der Waals surface area contributed by atoms with E-state index in [4.69, 9.17) is 27.9 Å². The van der Waals surface area contributed by atoms with E-state index in [1.807, 2.05) is 4.90 Å². The number of hydrogen-bond donors (Lipinski definition) is 5. The Morgan fingerprint density at radius 2 is 1.70 bits per heavy atom. The van der Waals surface area contributed by atoms with Gasteiger partial charge in [-0.3, -0.25) is 20.2 Å². The number of fused-ring (bicyclic) bond motifs is 1. The minimum atomic E-state index is -0.164. The summed E-state index contributed by atoms with van der Waals surface area (Å²) in [6, 6.07) is 0.831. The lowest BCUT2D eigenvalue weighted by Gasteiger charge is -2.45. The van der Waals surface area contributed by atoms with Gasteiger partial charge < -0.3 is 25.6 Å². The Hall–Kier alpha value is -0.330. The third-order valence-electron chi connectivity index (χ3n) is 9.07. The van der Waals surface area contributed by atoms with Gasteiger partial charge in [0, 0.05) is 63.2 Å². The van der Waals surface area contributed by atoms with Crippen molar-refractivity contribution >= 4 is 46.8 Å². The maximum absolute atomic E-state index is 13.6. The van der Waals surface area contributed by atoms with Gasteiger partial charge in [0.25, 0.3) is 0 Å². The van der Waals surface area contributed by atoms with Gasteiger partial charge in [0.15, 0.2) is 0 Å². The number of nitrogens with one attached hydrogen (secondary N) is 5. The Morgan fingerprint density at radius 3 is 2.46 bits per heavy atom. The second-order valence-electron chi connectivity index (χ2n) is 11.6. The van der Waals surface area contributed by atoms with E-state index in [1.54, 1.807) is 18.9 Å². The molecule has 5 rings (SSSR count). The molecule has 9 nitrogen and oxygen atoms in total. The van der Waals surface area contributed by atoms with E-state index in [1.165, 1.54) is 0 Å². The fourth-order valence-corrected chi connectivity index (χ4v) is 9.01. The molecule has 5 aliphatic rings. The SMILES string of the molecule is COC1CNC(Cl)CC1C1CC(C)NCC1C(=O)NC1NC2CN(C(=O)C3CC(C)NCC3Cl)CC2S1. The predicted molar refractivity (Wildman–Crippen MR) is 148 cm³/mol. The van der Waals surface area contributed by atoms with Crippen LogP contribution in [0.1, 0.15) is 33.1 Å². The van der Waals surface area contributed by atoms with Crippen molar-refractivity contribution in [2.75, 3.05) is 39.8 Å². The summed E-state index contributed by atoms with van der Waals surface area (Å²) in [7, 11) is 1.75. The Bertz CT molecular complexity index is 830. The molecule has 0 saturated carbocycles. The molecule has 0 spiro atoms. The second kappa shape index (κ2) is 12.0. The molecule has 0 aromatic carbocycles. The normalized spacial score (nSPS) is 46.5. The number of rotatable bonds is 5. The topological polar surface area (TPSA) is 107 Å². The zero-order chi connectivity index (χ0) is 26.3. The molecule has 37 heavy (non-hydrogen) atoms. The fourth-order valence-electron chi connectivity index (χ4n) is 7.00. The van der Waals surface area contributed by atoms with Crippen molar-refractivity contribution in [2.24, 2.45) is 23.7 Å². The number of alkyl halides is 2. The van der Waals surface area contributed by atoms with Gasteiger partial charge in [-0.25, -0.2) is 0 Å². The molecule has 12 heteroatoms. The molecular weight excluding hydrogens is 535 g/mol. The van der Waals surface area contributed by atoms with Crippen LogP contribution in [0.3, 0.4) is 0 Å². The summed E-state index contributed by atoms with van der Waals surface area (Å²) in [4.78, 5) is 28.8. The molecule has 0 bridgehead atoms. The van der Waals surface area contributed by atoms with Crippen molar-refractivity contribution in [3.05, 3.63) is 0 Å². The van der Waals surface area contributed by atoms with E-state index in [0.717, 1.165) is 19.3 Å². The summed E-state index contributed by atoms with van der Waals surface area (Å²) >= 11 is 14.7. The van der Waals surface area contributed by atoms with Crippen LogP contribution in [0.25, 0.3) is 0 Å². The molecule has 0 aromatic rings. The molecule has 0 aromatic heterocycles. The predicted octanol–water partition coefficient (Wildman–Crippen LogP) is 0.711. The lowest BCUT2D eigenvalue weighted by molar-refractivity contribution is -0.135. The third-order valence-corrected chi connectivity index (χ3v) is 11.2. The number of carbonyl (C=O) groups excluding carboxylic acids is 2. The molecule has 0 aliphatic carbocycles. The van der Waals surface area contributed by atoms with Crippen LogP contribution in [-0.2, 0) is 14.3 Å². The number of thioether (sulfide) groups is 1. The van der Waals surface area contributed by atoms with Gasteiger partial charge in [0.05, 0.1) is 28.8 Å². The molecule has 210 valence electrons. The number of ether oxygens (including phenoxy) is 1. The zero-order valence-corrected chi connectivity index (χ0v) is 24.2. The first-order chi connectivity index (χ1) is 17.7. The average molecular weight is 578 g/mol. The van der Waals surface area contributed by atoms with Crippen LogP contribution in [0.2, 0.25) is 0 Å². The largest absolute Gasteiger partial charge is 0.380 e. The molecule has 5 heterocycles. The van der Waals surface area contributed by atoms with E-state index in [-0.39, 0.29) is 69.3 Å². The molecule has 5 N–H and O–H groups in total. The van der Waals surface area contributed by atoms with Crippen molar-refractivity contribution in [1.82, 2.24) is 31.5 Å². The van der Waals surface area contributed by atoms with Crippen molar-refractivity contribution in [2.45, 2.75) is 79.0 Å². The highest BCUT2D eigenvalue weighted by molar-refractivity contribution is 8.00. The first-order valence-corrected chi connectivity index (χ1v) is 15.6. The Labute approximate surface area is 234 Å². The van der Waals surface area contributed by atoms with E-state index in [2.05, 4.69) is 40.4 Å². The highest BCUT2D eigenvalue weighted by Gasteiger charge is 2.48. The highest BCUT2D eigenvalue weighted by atomic mass is 35.5. The monoisotopic (exact) mass is 576 g/mol. The van der Waals surface area contributed by atoms with Gasteiger partial charge in [-0.05, 0) is 44.9 Å². The molecule has 5 aliphatic heterocycles. The number of methoxy groups -OCH3 is 1. The number of carbonyl (C=O) groups is 2. The van der Waals surface area contributed by atoms with Crippen LogP contribution < -0.4 is 26.6 Å². The van der Waals surface area contributed by atoms with Gasteiger partial charge in [-0.15, -0.1) is 35.0 Å². The van der Waals surface area contributed by atoms with Crippen molar-refractivity contribution in [3.63, 3.8) is 0 Å². The number of amides is 2. The number of piperidine rings is 3. The highest BCUT2D eigenvalue weighted by Crippen LogP contribution is 2.39. The van der Waals surface area contributed by atoms with Gasteiger partial charge in [-0.1, -0.05) is 0 Å². The Morgan fingerprint density at radius 1 is 0.946 bits per heavy atom. The first kappa shape index (κ1) is 28.2.